The smallest absolute Gasteiger partial charge is 0.272 e. The van der Waals surface area contributed by atoms with Gasteiger partial charge in [-0.2, -0.15) is 5.10 Å². The van der Waals surface area contributed by atoms with Gasteiger partial charge in [-0.05, 0) is 37.3 Å². The van der Waals surface area contributed by atoms with E-state index in [1.54, 1.807) is 16.0 Å². The predicted molar refractivity (Wildman–Crippen MR) is 87.1 cm³/mol. The van der Waals surface area contributed by atoms with Gasteiger partial charge in [0.05, 0.1) is 11.0 Å². The fourth-order valence-corrected chi connectivity index (χ4v) is 3.45. The fourth-order valence-electron chi connectivity index (χ4n) is 2.76. The molecule has 6 heteroatoms. The number of hydrogen-bond acceptors (Lipinski definition) is 4. The predicted octanol–water partition coefficient (Wildman–Crippen LogP) is 2.79. The van der Waals surface area contributed by atoms with Crippen LogP contribution in [0.25, 0.3) is 10.6 Å². The highest BCUT2D eigenvalue weighted by Crippen LogP contribution is 2.24. The minimum Gasteiger partial charge on any atom is -0.376 e. The SMILES string of the molecule is CCN(C[C@H]1CCCO1)C(=O)c1cc(-c2cccs2)nn1C. The molecule has 1 atom stereocenters. The molecule has 1 aliphatic rings. The van der Waals surface area contributed by atoms with Crippen LogP contribution in [-0.2, 0) is 11.8 Å². The van der Waals surface area contributed by atoms with Crippen LogP contribution in [0.4, 0.5) is 0 Å². The van der Waals surface area contributed by atoms with Crippen LogP contribution in [-0.4, -0.2) is 46.4 Å². The highest BCUT2D eigenvalue weighted by molar-refractivity contribution is 7.13. The van der Waals surface area contributed by atoms with E-state index in [4.69, 9.17) is 4.74 Å². The number of nitrogens with zero attached hydrogens (tertiary/aromatic N) is 3. The molecule has 0 aromatic carbocycles. The molecule has 1 aliphatic heterocycles. The highest BCUT2D eigenvalue weighted by atomic mass is 32.1. The van der Waals surface area contributed by atoms with Crippen LogP contribution < -0.4 is 0 Å². The Labute approximate surface area is 134 Å². The minimum absolute atomic E-state index is 0.0239. The number of aryl methyl sites for hydroxylation is 1. The molecule has 1 fully saturated rings. The van der Waals surface area contributed by atoms with E-state index < -0.39 is 0 Å². The summed E-state index contributed by atoms with van der Waals surface area (Å²) in [7, 11) is 1.82. The van der Waals surface area contributed by atoms with Crippen molar-refractivity contribution >= 4 is 17.2 Å². The Morgan fingerprint density at radius 1 is 1.59 bits per heavy atom. The Morgan fingerprint density at radius 2 is 2.45 bits per heavy atom. The van der Waals surface area contributed by atoms with E-state index in [1.165, 1.54) is 0 Å². The lowest BCUT2D eigenvalue weighted by atomic mass is 10.2. The summed E-state index contributed by atoms with van der Waals surface area (Å²) in [4.78, 5) is 15.7. The summed E-state index contributed by atoms with van der Waals surface area (Å²) in [6, 6.07) is 5.89. The van der Waals surface area contributed by atoms with Gasteiger partial charge in [0, 0.05) is 26.7 Å². The summed E-state index contributed by atoms with van der Waals surface area (Å²) in [5.41, 5.74) is 1.48. The van der Waals surface area contributed by atoms with E-state index in [2.05, 4.69) is 5.10 Å². The maximum Gasteiger partial charge on any atom is 0.272 e. The van der Waals surface area contributed by atoms with Crippen LogP contribution in [0.15, 0.2) is 23.6 Å². The topological polar surface area (TPSA) is 47.4 Å². The zero-order valence-corrected chi connectivity index (χ0v) is 13.8. The van der Waals surface area contributed by atoms with Crippen LogP contribution in [0.3, 0.4) is 0 Å². The first-order chi connectivity index (χ1) is 10.7. The lowest BCUT2D eigenvalue weighted by Gasteiger charge is -2.23. The molecule has 0 saturated carbocycles. The molecule has 3 heterocycles. The zero-order chi connectivity index (χ0) is 15.5. The maximum absolute atomic E-state index is 12.8. The van der Waals surface area contributed by atoms with Crippen LogP contribution in [0, 0.1) is 0 Å². The van der Waals surface area contributed by atoms with Crippen molar-refractivity contribution < 1.29 is 9.53 Å². The number of rotatable bonds is 5. The molecule has 118 valence electrons. The summed E-state index contributed by atoms with van der Waals surface area (Å²) >= 11 is 1.63. The second-order valence-electron chi connectivity index (χ2n) is 5.49. The molecule has 0 radical (unpaired) electrons. The first-order valence-corrected chi connectivity index (χ1v) is 8.55. The number of carbonyl (C=O) groups excluding carboxylic acids is 1. The van der Waals surface area contributed by atoms with Gasteiger partial charge in [-0.3, -0.25) is 9.48 Å². The fraction of sp³-hybridized carbons (Fsp3) is 0.500. The number of aromatic nitrogens is 2. The molecule has 3 rings (SSSR count). The normalized spacial score (nSPS) is 17.8. The second kappa shape index (κ2) is 6.62. The summed E-state index contributed by atoms with van der Waals surface area (Å²) in [6.07, 6.45) is 2.30. The van der Waals surface area contributed by atoms with Gasteiger partial charge < -0.3 is 9.64 Å². The molecular weight excluding hydrogens is 298 g/mol. The quantitative estimate of drug-likeness (QED) is 0.851. The van der Waals surface area contributed by atoms with E-state index >= 15 is 0 Å². The van der Waals surface area contributed by atoms with Gasteiger partial charge in [-0.1, -0.05) is 6.07 Å². The third-order valence-corrected chi connectivity index (χ3v) is 4.88. The second-order valence-corrected chi connectivity index (χ2v) is 6.44. The maximum atomic E-state index is 12.8. The highest BCUT2D eigenvalue weighted by Gasteiger charge is 2.24. The molecule has 22 heavy (non-hydrogen) atoms. The standard InChI is InChI=1S/C16H21N3O2S/c1-3-19(11-12-6-4-8-21-12)16(20)14-10-13(17-18(14)2)15-7-5-9-22-15/h5,7,9-10,12H,3-4,6,8,11H2,1-2H3/t12-/m1/s1. The van der Waals surface area contributed by atoms with E-state index in [0.29, 0.717) is 18.8 Å². The van der Waals surface area contributed by atoms with Gasteiger partial charge in [0.15, 0.2) is 0 Å². The molecule has 1 amide bonds. The van der Waals surface area contributed by atoms with Gasteiger partial charge in [0.2, 0.25) is 0 Å². The molecule has 0 N–H and O–H groups in total. The van der Waals surface area contributed by atoms with Crippen LogP contribution in [0.1, 0.15) is 30.3 Å². The van der Waals surface area contributed by atoms with Crippen molar-refractivity contribution in [2.75, 3.05) is 19.7 Å². The van der Waals surface area contributed by atoms with E-state index in [0.717, 1.165) is 30.0 Å². The number of ether oxygens (including phenoxy) is 1. The van der Waals surface area contributed by atoms with Crippen LogP contribution in [0.2, 0.25) is 0 Å². The summed E-state index contributed by atoms with van der Waals surface area (Å²) in [6.45, 7) is 4.15. The average Bonchev–Trinajstić information content (AvgIpc) is 3.25. The summed E-state index contributed by atoms with van der Waals surface area (Å²) in [5, 5.41) is 6.49. The van der Waals surface area contributed by atoms with E-state index in [1.807, 2.05) is 42.5 Å². The van der Waals surface area contributed by atoms with E-state index in [9.17, 15) is 4.79 Å². The largest absolute Gasteiger partial charge is 0.376 e. The van der Waals surface area contributed by atoms with Crippen molar-refractivity contribution in [1.29, 1.82) is 0 Å². The van der Waals surface area contributed by atoms with Gasteiger partial charge in [0.1, 0.15) is 11.4 Å². The van der Waals surface area contributed by atoms with Gasteiger partial charge in [-0.15, -0.1) is 11.3 Å². The Balaban J connectivity index is 1.78. The monoisotopic (exact) mass is 319 g/mol. The molecule has 2 aromatic rings. The third-order valence-electron chi connectivity index (χ3n) is 3.99. The lowest BCUT2D eigenvalue weighted by Crippen LogP contribution is -2.38. The Morgan fingerprint density at radius 3 is 3.09 bits per heavy atom. The van der Waals surface area contributed by atoms with Crippen molar-refractivity contribution in [2.45, 2.75) is 25.9 Å². The number of thiophene rings is 1. The first kappa shape index (κ1) is 15.2. The summed E-state index contributed by atoms with van der Waals surface area (Å²) < 4.78 is 7.33. The average molecular weight is 319 g/mol. The number of likely N-dealkylation sites (N-methyl/N-ethyl adjacent to an activating group) is 1. The number of hydrogen-bond donors (Lipinski definition) is 0. The number of amides is 1. The van der Waals surface area contributed by atoms with Crippen molar-refractivity contribution in [3.05, 3.63) is 29.3 Å². The number of carbonyl (C=O) groups is 1. The molecular formula is C16H21N3O2S. The molecule has 1 saturated heterocycles. The van der Waals surface area contributed by atoms with Gasteiger partial charge in [0.25, 0.3) is 5.91 Å². The van der Waals surface area contributed by atoms with Gasteiger partial charge in [-0.25, -0.2) is 0 Å². The van der Waals surface area contributed by atoms with Crippen LogP contribution >= 0.6 is 11.3 Å². The third kappa shape index (κ3) is 3.08. The zero-order valence-electron chi connectivity index (χ0n) is 13.0. The van der Waals surface area contributed by atoms with Crippen molar-refractivity contribution in [3.63, 3.8) is 0 Å². The molecule has 2 aromatic heterocycles. The van der Waals surface area contributed by atoms with Gasteiger partial charge >= 0.3 is 0 Å². The molecule has 0 spiro atoms. The van der Waals surface area contributed by atoms with Crippen molar-refractivity contribution in [1.82, 2.24) is 14.7 Å². The van der Waals surface area contributed by atoms with Crippen LogP contribution in [0.5, 0.6) is 0 Å². The molecule has 0 unspecified atom stereocenters. The minimum atomic E-state index is 0.0239. The summed E-state index contributed by atoms with van der Waals surface area (Å²) in [5.74, 6) is 0.0239. The Kier molecular flexibility index (Phi) is 4.59. The van der Waals surface area contributed by atoms with Crippen molar-refractivity contribution in [2.24, 2.45) is 7.05 Å². The molecule has 0 aliphatic carbocycles. The lowest BCUT2D eigenvalue weighted by molar-refractivity contribution is 0.0531. The first-order valence-electron chi connectivity index (χ1n) is 7.68. The Hall–Kier alpha value is -1.66. The van der Waals surface area contributed by atoms with E-state index in [-0.39, 0.29) is 12.0 Å². The molecule has 5 nitrogen and oxygen atoms in total. The Bertz CT molecular complexity index is 630. The molecule has 0 bridgehead atoms. The van der Waals surface area contributed by atoms with Crippen molar-refractivity contribution in [3.8, 4) is 10.6 Å².